The van der Waals surface area contributed by atoms with E-state index in [-0.39, 0.29) is 18.9 Å². The number of benzene rings is 2. The van der Waals surface area contributed by atoms with Crippen LogP contribution in [0.5, 0.6) is 11.5 Å². The number of aromatic nitrogens is 1. The van der Waals surface area contributed by atoms with Crippen molar-refractivity contribution >= 4 is 17.5 Å². The average Bonchev–Trinajstić information content (AvgIpc) is 3.04. The van der Waals surface area contributed by atoms with E-state index in [1.165, 1.54) is 0 Å². The molecule has 2 aromatic carbocycles. The molecule has 0 bridgehead atoms. The molecule has 8 heteroatoms. The molecule has 0 aliphatic rings. The highest BCUT2D eigenvalue weighted by Gasteiger charge is 2.10. The van der Waals surface area contributed by atoms with Crippen LogP contribution in [0.15, 0.2) is 53.1 Å². The van der Waals surface area contributed by atoms with Crippen molar-refractivity contribution in [3.63, 3.8) is 0 Å². The van der Waals surface area contributed by atoms with Gasteiger partial charge in [-0.3, -0.25) is 9.59 Å². The smallest absolute Gasteiger partial charge is 0.255 e. The summed E-state index contributed by atoms with van der Waals surface area (Å²) in [6.45, 7) is 3.91. The summed E-state index contributed by atoms with van der Waals surface area (Å²) in [5.74, 6) is 1.25. The van der Waals surface area contributed by atoms with Crippen LogP contribution < -0.4 is 20.5 Å². The summed E-state index contributed by atoms with van der Waals surface area (Å²) in [5, 5.41) is 6.72. The molecule has 0 saturated carbocycles. The van der Waals surface area contributed by atoms with Gasteiger partial charge in [0.2, 0.25) is 5.91 Å². The van der Waals surface area contributed by atoms with E-state index in [9.17, 15) is 9.59 Å². The lowest BCUT2D eigenvalue weighted by Crippen LogP contribution is -2.20. The maximum atomic E-state index is 12.3. The van der Waals surface area contributed by atoms with Crippen LogP contribution in [0.4, 0.5) is 5.69 Å². The summed E-state index contributed by atoms with van der Waals surface area (Å²) in [6, 6.07) is 14.1. The fourth-order valence-electron chi connectivity index (χ4n) is 2.75. The van der Waals surface area contributed by atoms with Crippen LogP contribution in [-0.4, -0.2) is 23.6 Å². The Bertz CT molecular complexity index is 991. The summed E-state index contributed by atoms with van der Waals surface area (Å²) in [6.07, 6.45) is 0.226. The molecule has 0 fully saturated rings. The number of carbonyl (C=O) groups excluding carboxylic acids is 2. The first-order valence-corrected chi connectivity index (χ1v) is 9.35. The third kappa shape index (κ3) is 5.84. The largest absolute Gasteiger partial charge is 0.489 e. The van der Waals surface area contributed by atoms with Gasteiger partial charge in [0.25, 0.3) is 5.91 Å². The van der Waals surface area contributed by atoms with E-state index in [4.69, 9.17) is 19.7 Å². The summed E-state index contributed by atoms with van der Waals surface area (Å²) in [4.78, 5) is 23.0. The second kappa shape index (κ2) is 9.60. The molecular weight excluding hydrogens is 386 g/mol. The number of ether oxygens (including phenoxy) is 2. The quantitative estimate of drug-likeness (QED) is 0.561. The molecule has 1 heterocycles. The summed E-state index contributed by atoms with van der Waals surface area (Å²) >= 11 is 0. The first-order valence-electron chi connectivity index (χ1n) is 9.35. The van der Waals surface area contributed by atoms with Gasteiger partial charge in [0.15, 0.2) is 6.61 Å². The highest BCUT2D eigenvalue weighted by Crippen LogP contribution is 2.19. The Labute approximate surface area is 174 Å². The van der Waals surface area contributed by atoms with Crippen LogP contribution in [0.1, 0.15) is 22.6 Å². The maximum absolute atomic E-state index is 12.3. The van der Waals surface area contributed by atoms with Crippen LogP contribution in [0.25, 0.3) is 0 Å². The van der Waals surface area contributed by atoms with Gasteiger partial charge in [-0.2, -0.15) is 0 Å². The molecule has 156 valence electrons. The molecule has 0 radical (unpaired) electrons. The zero-order valence-corrected chi connectivity index (χ0v) is 16.8. The fourth-order valence-corrected chi connectivity index (χ4v) is 2.75. The van der Waals surface area contributed by atoms with Crippen molar-refractivity contribution in [1.29, 1.82) is 0 Å². The Morgan fingerprint density at radius 3 is 2.23 bits per heavy atom. The highest BCUT2D eigenvalue weighted by atomic mass is 16.5. The number of carbonyl (C=O) groups is 2. The monoisotopic (exact) mass is 409 g/mol. The molecule has 30 heavy (non-hydrogen) atoms. The molecule has 8 nitrogen and oxygen atoms in total. The van der Waals surface area contributed by atoms with Gasteiger partial charge in [-0.05, 0) is 55.8 Å². The molecule has 1 aromatic heterocycles. The second-order valence-electron chi connectivity index (χ2n) is 6.74. The Morgan fingerprint density at radius 2 is 1.63 bits per heavy atom. The van der Waals surface area contributed by atoms with Gasteiger partial charge in [0.1, 0.15) is 23.9 Å². The fraction of sp³-hybridized carbons (Fsp3) is 0.227. The molecule has 0 spiro atoms. The zero-order chi connectivity index (χ0) is 21.5. The SMILES string of the molecule is Cc1noc(C)c1COc1ccc(CC(=O)Nc2ccc(OCC(N)=O)cc2)cc1. The number of nitrogens with two attached hydrogens (primary N) is 1. The van der Waals surface area contributed by atoms with Gasteiger partial charge in [-0.25, -0.2) is 0 Å². The van der Waals surface area contributed by atoms with Crippen LogP contribution >= 0.6 is 0 Å². The Kier molecular flexibility index (Phi) is 6.69. The number of amides is 2. The van der Waals surface area contributed by atoms with E-state index in [0.717, 1.165) is 22.6 Å². The topological polar surface area (TPSA) is 117 Å². The standard InChI is InChI=1S/C22H23N3O5/c1-14-20(15(2)30-25-14)12-28-18-7-3-16(4-8-18)11-22(27)24-17-5-9-19(10-6-17)29-13-21(23)26/h3-10H,11-13H2,1-2H3,(H2,23,26)(H,24,27). The molecule has 2 amide bonds. The Morgan fingerprint density at radius 1 is 1.00 bits per heavy atom. The number of anilines is 1. The highest BCUT2D eigenvalue weighted by molar-refractivity contribution is 5.92. The molecule has 3 aromatic rings. The van der Waals surface area contributed by atoms with Crippen molar-refractivity contribution < 1.29 is 23.6 Å². The van der Waals surface area contributed by atoms with E-state index in [2.05, 4.69) is 10.5 Å². The van der Waals surface area contributed by atoms with E-state index in [1.807, 2.05) is 38.1 Å². The predicted octanol–water partition coefficient (Wildman–Crippen LogP) is 2.92. The number of hydrogen-bond donors (Lipinski definition) is 2. The molecule has 3 rings (SSSR count). The average molecular weight is 409 g/mol. The molecule has 0 unspecified atom stereocenters. The van der Waals surface area contributed by atoms with Gasteiger partial charge in [-0.15, -0.1) is 0 Å². The van der Waals surface area contributed by atoms with Gasteiger partial charge in [0, 0.05) is 5.69 Å². The minimum atomic E-state index is -0.549. The van der Waals surface area contributed by atoms with Crippen LogP contribution in [-0.2, 0) is 22.6 Å². The van der Waals surface area contributed by atoms with Crippen molar-refractivity contribution in [2.24, 2.45) is 5.73 Å². The number of nitrogens with zero attached hydrogens (tertiary/aromatic N) is 1. The van der Waals surface area contributed by atoms with Crippen molar-refractivity contribution in [2.75, 3.05) is 11.9 Å². The molecule has 0 saturated heterocycles. The third-order valence-electron chi connectivity index (χ3n) is 4.37. The van der Waals surface area contributed by atoms with Gasteiger partial charge in [0.05, 0.1) is 17.7 Å². The Balaban J connectivity index is 1.49. The van der Waals surface area contributed by atoms with E-state index >= 15 is 0 Å². The van der Waals surface area contributed by atoms with E-state index in [1.54, 1.807) is 24.3 Å². The second-order valence-corrected chi connectivity index (χ2v) is 6.74. The minimum absolute atomic E-state index is 0.148. The summed E-state index contributed by atoms with van der Waals surface area (Å²) in [7, 11) is 0. The lowest BCUT2D eigenvalue weighted by Gasteiger charge is -2.09. The van der Waals surface area contributed by atoms with Crippen LogP contribution in [0.3, 0.4) is 0 Å². The normalized spacial score (nSPS) is 10.5. The summed E-state index contributed by atoms with van der Waals surface area (Å²) in [5.41, 5.74) is 8.27. The number of rotatable bonds is 9. The van der Waals surface area contributed by atoms with Crippen molar-refractivity contribution in [3.8, 4) is 11.5 Å². The molecule has 3 N–H and O–H groups in total. The number of primary amides is 1. The first-order chi connectivity index (χ1) is 14.4. The summed E-state index contributed by atoms with van der Waals surface area (Å²) < 4.78 is 16.1. The Hall–Kier alpha value is -3.81. The van der Waals surface area contributed by atoms with E-state index in [0.29, 0.717) is 23.8 Å². The van der Waals surface area contributed by atoms with Gasteiger partial charge >= 0.3 is 0 Å². The molecule has 0 aliphatic heterocycles. The van der Waals surface area contributed by atoms with Crippen molar-refractivity contribution in [3.05, 3.63) is 71.1 Å². The van der Waals surface area contributed by atoms with Gasteiger partial charge in [-0.1, -0.05) is 17.3 Å². The van der Waals surface area contributed by atoms with Gasteiger partial charge < -0.3 is 25.0 Å². The lowest BCUT2D eigenvalue weighted by molar-refractivity contribution is -0.120. The molecular formula is C22H23N3O5. The minimum Gasteiger partial charge on any atom is -0.489 e. The zero-order valence-electron chi connectivity index (χ0n) is 16.8. The first kappa shape index (κ1) is 20.9. The van der Waals surface area contributed by atoms with Crippen LogP contribution in [0.2, 0.25) is 0 Å². The number of nitrogens with one attached hydrogen (secondary N) is 1. The molecule has 0 atom stereocenters. The number of hydrogen-bond acceptors (Lipinski definition) is 6. The number of aryl methyl sites for hydroxylation is 2. The third-order valence-corrected chi connectivity index (χ3v) is 4.37. The van der Waals surface area contributed by atoms with Crippen molar-refractivity contribution in [1.82, 2.24) is 5.16 Å². The van der Waals surface area contributed by atoms with E-state index < -0.39 is 5.91 Å². The predicted molar refractivity (Wildman–Crippen MR) is 110 cm³/mol. The van der Waals surface area contributed by atoms with Crippen LogP contribution in [0, 0.1) is 13.8 Å². The lowest BCUT2D eigenvalue weighted by atomic mass is 10.1. The maximum Gasteiger partial charge on any atom is 0.255 e. The molecule has 0 aliphatic carbocycles. The van der Waals surface area contributed by atoms with Crippen molar-refractivity contribution in [2.45, 2.75) is 26.9 Å².